The molecule has 106 valence electrons. The highest BCUT2D eigenvalue weighted by Gasteiger charge is 2.24. The number of rotatable bonds is 3. The van der Waals surface area contributed by atoms with Gasteiger partial charge in [0.05, 0.1) is 12.3 Å². The van der Waals surface area contributed by atoms with Crippen molar-refractivity contribution in [3.8, 4) is 0 Å². The molecule has 4 heteroatoms. The van der Waals surface area contributed by atoms with E-state index in [1.165, 1.54) is 6.42 Å². The molecule has 0 aliphatic carbocycles. The van der Waals surface area contributed by atoms with E-state index >= 15 is 0 Å². The Hall–Kier alpha value is -1.16. The van der Waals surface area contributed by atoms with E-state index in [0.29, 0.717) is 6.61 Å². The summed E-state index contributed by atoms with van der Waals surface area (Å²) in [5.41, 5.74) is 0.932. The topological polar surface area (TPSA) is 38.2 Å². The third kappa shape index (κ3) is 3.44. The fourth-order valence-electron chi connectivity index (χ4n) is 2.35. The Bertz CT molecular complexity index is 440. The molecule has 1 aromatic heterocycles. The van der Waals surface area contributed by atoms with Crippen LogP contribution in [0.15, 0.2) is 6.07 Å². The van der Waals surface area contributed by atoms with Crippen LogP contribution >= 0.6 is 0 Å². The minimum absolute atomic E-state index is 0.0379. The molecule has 1 atom stereocenters. The Morgan fingerprint density at radius 1 is 1.37 bits per heavy atom. The first-order valence-electron chi connectivity index (χ1n) is 7.02. The summed E-state index contributed by atoms with van der Waals surface area (Å²) in [6, 6.07) is 2.07. The van der Waals surface area contributed by atoms with Gasteiger partial charge < -0.3 is 9.64 Å². The number of ether oxygens (including phenoxy) is 1. The van der Waals surface area contributed by atoms with Gasteiger partial charge in [0.2, 0.25) is 0 Å². The number of hydrogen-bond donors (Lipinski definition) is 0. The van der Waals surface area contributed by atoms with Crippen molar-refractivity contribution in [2.75, 3.05) is 25.1 Å². The lowest BCUT2D eigenvalue weighted by atomic mass is 9.95. The number of nitrogens with zero attached hydrogens (tertiary/aromatic N) is 3. The highest BCUT2D eigenvalue weighted by atomic mass is 16.5. The molecule has 0 radical (unpaired) electrons. The molecule has 1 aliphatic heterocycles. The zero-order valence-electron chi connectivity index (χ0n) is 12.7. The molecule has 0 saturated carbocycles. The maximum absolute atomic E-state index is 5.23. The van der Waals surface area contributed by atoms with Gasteiger partial charge in [0.1, 0.15) is 11.6 Å². The minimum Gasteiger partial charge on any atom is -0.378 e. The van der Waals surface area contributed by atoms with E-state index in [-0.39, 0.29) is 5.41 Å². The zero-order chi connectivity index (χ0) is 14.0. The Morgan fingerprint density at radius 3 is 2.63 bits per heavy atom. The maximum Gasteiger partial charge on any atom is 0.136 e. The van der Waals surface area contributed by atoms with Crippen LogP contribution in [0.5, 0.6) is 0 Å². The normalized spacial score (nSPS) is 20.1. The predicted octanol–water partition coefficient (Wildman–Crippen LogP) is 2.77. The molecular formula is C15H25N3O. The number of hydrogen-bond acceptors (Lipinski definition) is 4. The molecule has 1 unspecified atom stereocenters. The Balaban J connectivity index is 2.34. The standard InChI is InChI=1S/C15H25N3O/c1-11-6-7-18(9-11)13-8-12(10-19-5)16-14(17-13)15(2,3)4/h8,11H,6-7,9-10H2,1-5H3. The van der Waals surface area contributed by atoms with Crippen LogP contribution in [0.4, 0.5) is 5.82 Å². The Labute approximate surface area is 116 Å². The van der Waals surface area contributed by atoms with E-state index in [1.54, 1.807) is 7.11 Å². The summed E-state index contributed by atoms with van der Waals surface area (Å²) in [6.45, 7) is 11.5. The van der Waals surface area contributed by atoms with Crippen molar-refractivity contribution in [3.63, 3.8) is 0 Å². The van der Waals surface area contributed by atoms with Crippen molar-refractivity contribution >= 4 is 5.82 Å². The zero-order valence-corrected chi connectivity index (χ0v) is 12.7. The maximum atomic E-state index is 5.23. The summed E-state index contributed by atoms with van der Waals surface area (Å²) < 4.78 is 5.23. The SMILES string of the molecule is COCc1cc(N2CCC(C)C2)nc(C(C)(C)C)n1. The Morgan fingerprint density at radius 2 is 2.11 bits per heavy atom. The van der Waals surface area contributed by atoms with Crippen LogP contribution in [0.2, 0.25) is 0 Å². The lowest BCUT2D eigenvalue weighted by Gasteiger charge is -2.23. The molecule has 19 heavy (non-hydrogen) atoms. The summed E-state index contributed by atoms with van der Waals surface area (Å²) in [5.74, 6) is 2.70. The van der Waals surface area contributed by atoms with Crippen LogP contribution in [0.1, 0.15) is 45.6 Å². The van der Waals surface area contributed by atoms with Crippen LogP contribution in [0, 0.1) is 5.92 Å². The molecule has 1 aromatic rings. The number of anilines is 1. The monoisotopic (exact) mass is 263 g/mol. The van der Waals surface area contributed by atoms with E-state index < -0.39 is 0 Å². The second-order valence-electron chi connectivity index (χ2n) is 6.56. The van der Waals surface area contributed by atoms with Gasteiger partial charge in [0.15, 0.2) is 0 Å². The largest absolute Gasteiger partial charge is 0.378 e. The highest BCUT2D eigenvalue weighted by Crippen LogP contribution is 2.26. The lowest BCUT2D eigenvalue weighted by Crippen LogP contribution is -2.24. The predicted molar refractivity (Wildman–Crippen MR) is 77.4 cm³/mol. The fourth-order valence-corrected chi connectivity index (χ4v) is 2.35. The van der Waals surface area contributed by atoms with Gasteiger partial charge in [-0.2, -0.15) is 0 Å². The molecule has 0 spiro atoms. The van der Waals surface area contributed by atoms with Crippen molar-refractivity contribution in [2.24, 2.45) is 5.92 Å². The fraction of sp³-hybridized carbons (Fsp3) is 0.733. The second-order valence-corrected chi connectivity index (χ2v) is 6.56. The first-order chi connectivity index (χ1) is 8.90. The van der Waals surface area contributed by atoms with Crippen LogP contribution in [0.25, 0.3) is 0 Å². The quantitative estimate of drug-likeness (QED) is 0.840. The van der Waals surface area contributed by atoms with E-state index in [4.69, 9.17) is 9.72 Å². The van der Waals surface area contributed by atoms with E-state index in [1.807, 2.05) is 0 Å². The summed E-state index contributed by atoms with van der Waals surface area (Å²) in [4.78, 5) is 11.7. The lowest BCUT2D eigenvalue weighted by molar-refractivity contribution is 0.181. The van der Waals surface area contributed by atoms with Gasteiger partial charge in [-0.15, -0.1) is 0 Å². The first kappa shape index (κ1) is 14.3. The van der Waals surface area contributed by atoms with Crippen LogP contribution < -0.4 is 4.90 Å². The molecule has 1 fully saturated rings. The highest BCUT2D eigenvalue weighted by molar-refractivity contribution is 5.41. The molecule has 4 nitrogen and oxygen atoms in total. The molecule has 1 saturated heterocycles. The first-order valence-corrected chi connectivity index (χ1v) is 7.02. The smallest absolute Gasteiger partial charge is 0.136 e. The third-order valence-corrected chi connectivity index (χ3v) is 3.48. The van der Waals surface area contributed by atoms with Gasteiger partial charge in [-0.05, 0) is 12.3 Å². The minimum atomic E-state index is -0.0379. The molecule has 2 rings (SSSR count). The van der Waals surface area contributed by atoms with Crippen molar-refractivity contribution in [2.45, 2.75) is 46.1 Å². The van der Waals surface area contributed by atoms with E-state index in [0.717, 1.165) is 36.3 Å². The molecule has 0 bridgehead atoms. The summed E-state index contributed by atoms with van der Waals surface area (Å²) >= 11 is 0. The Kier molecular flexibility index (Phi) is 4.09. The molecule has 0 amide bonds. The second kappa shape index (κ2) is 5.45. The van der Waals surface area contributed by atoms with Gasteiger partial charge in [0.25, 0.3) is 0 Å². The van der Waals surface area contributed by atoms with Crippen LogP contribution in [-0.4, -0.2) is 30.2 Å². The molecular weight excluding hydrogens is 238 g/mol. The molecule has 1 aliphatic rings. The average Bonchev–Trinajstić information content (AvgIpc) is 2.75. The summed E-state index contributed by atoms with van der Waals surface area (Å²) in [7, 11) is 1.70. The van der Waals surface area contributed by atoms with Gasteiger partial charge in [0, 0.05) is 31.7 Å². The van der Waals surface area contributed by atoms with Crippen molar-refractivity contribution < 1.29 is 4.74 Å². The third-order valence-electron chi connectivity index (χ3n) is 3.48. The van der Waals surface area contributed by atoms with Gasteiger partial charge >= 0.3 is 0 Å². The van der Waals surface area contributed by atoms with Crippen molar-refractivity contribution in [1.82, 2.24) is 9.97 Å². The van der Waals surface area contributed by atoms with Crippen LogP contribution in [-0.2, 0) is 16.8 Å². The number of aromatic nitrogens is 2. The van der Waals surface area contributed by atoms with Gasteiger partial charge in [-0.1, -0.05) is 27.7 Å². The van der Waals surface area contributed by atoms with E-state index in [9.17, 15) is 0 Å². The molecule has 2 heterocycles. The number of methoxy groups -OCH3 is 1. The van der Waals surface area contributed by atoms with Gasteiger partial charge in [-0.3, -0.25) is 0 Å². The molecule has 0 aromatic carbocycles. The van der Waals surface area contributed by atoms with Crippen molar-refractivity contribution in [1.29, 1.82) is 0 Å². The molecule has 0 N–H and O–H groups in total. The van der Waals surface area contributed by atoms with Crippen molar-refractivity contribution in [3.05, 3.63) is 17.6 Å². The summed E-state index contributed by atoms with van der Waals surface area (Å²) in [5, 5.41) is 0. The summed E-state index contributed by atoms with van der Waals surface area (Å²) in [6.07, 6.45) is 1.24. The van der Waals surface area contributed by atoms with Crippen LogP contribution in [0.3, 0.4) is 0 Å². The average molecular weight is 263 g/mol. The van der Waals surface area contributed by atoms with E-state index in [2.05, 4.69) is 43.6 Å². The van der Waals surface area contributed by atoms with Gasteiger partial charge in [-0.25, -0.2) is 9.97 Å².